The number of halogens is 1. The number of hydrogen-bond acceptors (Lipinski definition) is 7. The minimum absolute atomic E-state index is 0.0308. The third-order valence-corrected chi connectivity index (χ3v) is 2.98. The summed E-state index contributed by atoms with van der Waals surface area (Å²) in [4.78, 5) is 22.1. The Labute approximate surface area is 142 Å². The number of carbonyl (C=O) groups is 1. The number of aliphatic hydroxyl groups is 1. The summed E-state index contributed by atoms with van der Waals surface area (Å²) >= 11 is 5.88. The van der Waals surface area contributed by atoms with Crippen LogP contribution >= 0.6 is 11.6 Å². The van der Waals surface area contributed by atoms with Gasteiger partial charge in [-0.3, -0.25) is 14.9 Å². The molecule has 9 nitrogen and oxygen atoms in total. The van der Waals surface area contributed by atoms with Crippen molar-refractivity contribution in [3.05, 3.63) is 45.1 Å². The van der Waals surface area contributed by atoms with E-state index >= 15 is 0 Å². The quantitative estimate of drug-likeness (QED) is 0.199. The molecule has 3 N–H and O–H groups in total. The SMILES string of the molecule is N#C/C(=C/NCCOCCO)C(=O)Nc1cc([N+](=O)[O-])ccc1Cl. The summed E-state index contributed by atoms with van der Waals surface area (Å²) in [5.41, 5.74) is -0.445. The second kappa shape index (κ2) is 10.2. The molecule has 0 heterocycles. The van der Waals surface area contributed by atoms with Crippen LogP contribution < -0.4 is 10.6 Å². The Morgan fingerprint density at radius 3 is 2.88 bits per heavy atom. The Morgan fingerprint density at radius 1 is 1.50 bits per heavy atom. The van der Waals surface area contributed by atoms with E-state index in [9.17, 15) is 14.9 Å². The van der Waals surface area contributed by atoms with Crippen LogP contribution in [-0.4, -0.2) is 42.3 Å². The number of hydrogen-bond donors (Lipinski definition) is 3. The second-order valence-electron chi connectivity index (χ2n) is 4.34. The van der Waals surface area contributed by atoms with Crippen molar-refractivity contribution in [2.75, 3.05) is 31.7 Å². The highest BCUT2D eigenvalue weighted by Crippen LogP contribution is 2.26. The van der Waals surface area contributed by atoms with E-state index in [0.29, 0.717) is 6.54 Å². The molecule has 1 amide bonds. The van der Waals surface area contributed by atoms with Gasteiger partial charge in [0.25, 0.3) is 11.6 Å². The molecule has 0 fully saturated rings. The number of nitro benzene ring substituents is 1. The maximum absolute atomic E-state index is 12.0. The number of benzene rings is 1. The molecule has 0 radical (unpaired) electrons. The zero-order valence-electron chi connectivity index (χ0n) is 12.5. The number of carbonyl (C=O) groups excluding carboxylic acids is 1. The zero-order chi connectivity index (χ0) is 17.9. The summed E-state index contributed by atoms with van der Waals surface area (Å²) in [7, 11) is 0. The number of rotatable bonds is 9. The second-order valence-corrected chi connectivity index (χ2v) is 4.74. The Balaban J connectivity index is 2.69. The summed E-state index contributed by atoms with van der Waals surface area (Å²) in [6, 6.07) is 5.29. The molecule has 0 atom stereocenters. The molecule has 0 spiro atoms. The molecule has 24 heavy (non-hydrogen) atoms. The first-order valence-electron chi connectivity index (χ1n) is 6.77. The van der Waals surface area contributed by atoms with E-state index in [4.69, 9.17) is 26.7 Å². The number of nitro groups is 1. The Kier molecular flexibility index (Phi) is 8.21. The highest BCUT2D eigenvalue weighted by Gasteiger charge is 2.14. The van der Waals surface area contributed by atoms with Gasteiger partial charge in [-0.05, 0) is 6.07 Å². The van der Waals surface area contributed by atoms with Crippen LogP contribution in [0.1, 0.15) is 0 Å². The van der Waals surface area contributed by atoms with Gasteiger partial charge in [0.05, 0.1) is 35.5 Å². The fourth-order valence-corrected chi connectivity index (χ4v) is 1.70. The fraction of sp³-hybridized carbons (Fsp3) is 0.286. The fourth-order valence-electron chi connectivity index (χ4n) is 1.53. The van der Waals surface area contributed by atoms with Crippen molar-refractivity contribution in [1.29, 1.82) is 5.26 Å². The highest BCUT2D eigenvalue weighted by atomic mass is 35.5. The van der Waals surface area contributed by atoms with E-state index in [2.05, 4.69) is 10.6 Å². The van der Waals surface area contributed by atoms with Gasteiger partial charge in [-0.1, -0.05) is 11.6 Å². The van der Waals surface area contributed by atoms with E-state index in [1.807, 2.05) is 0 Å². The molecule has 0 saturated heterocycles. The molecule has 1 rings (SSSR count). The maximum Gasteiger partial charge on any atom is 0.271 e. The number of nitrogens with zero attached hydrogens (tertiary/aromatic N) is 2. The minimum Gasteiger partial charge on any atom is -0.394 e. The molecule has 0 bridgehead atoms. The average molecular weight is 355 g/mol. The van der Waals surface area contributed by atoms with Gasteiger partial charge >= 0.3 is 0 Å². The normalized spacial score (nSPS) is 10.8. The molecule has 1 aromatic rings. The average Bonchev–Trinajstić information content (AvgIpc) is 2.56. The Bertz CT molecular complexity index is 672. The molecule has 1 aromatic carbocycles. The number of nitrogens with one attached hydrogen (secondary N) is 2. The monoisotopic (exact) mass is 354 g/mol. The van der Waals surface area contributed by atoms with Gasteiger partial charge in [-0.25, -0.2) is 0 Å². The first-order chi connectivity index (χ1) is 11.5. The molecule has 0 saturated carbocycles. The van der Waals surface area contributed by atoms with Crippen molar-refractivity contribution < 1.29 is 19.6 Å². The lowest BCUT2D eigenvalue weighted by Crippen LogP contribution is -2.19. The Morgan fingerprint density at radius 2 is 2.25 bits per heavy atom. The van der Waals surface area contributed by atoms with E-state index in [1.165, 1.54) is 18.3 Å². The largest absolute Gasteiger partial charge is 0.394 e. The van der Waals surface area contributed by atoms with Gasteiger partial charge in [0.1, 0.15) is 11.6 Å². The Hall–Kier alpha value is -2.67. The van der Waals surface area contributed by atoms with Crippen molar-refractivity contribution in [2.45, 2.75) is 0 Å². The van der Waals surface area contributed by atoms with Crippen LogP contribution in [0, 0.1) is 21.4 Å². The van der Waals surface area contributed by atoms with Crippen LogP contribution in [0.4, 0.5) is 11.4 Å². The first kappa shape index (κ1) is 19.4. The lowest BCUT2D eigenvalue weighted by Gasteiger charge is -2.07. The molecule has 128 valence electrons. The molecule has 0 unspecified atom stereocenters. The van der Waals surface area contributed by atoms with Crippen molar-refractivity contribution in [1.82, 2.24) is 5.32 Å². The van der Waals surface area contributed by atoms with E-state index in [0.717, 1.165) is 6.07 Å². The molecular weight excluding hydrogens is 340 g/mol. The predicted octanol–water partition coefficient (Wildman–Crippen LogP) is 1.19. The number of amides is 1. The summed E-state index contributed by atoms with van der Waals surface area (Å²) in [5.74, 6) is -0.760. The lowest BCUT2D eigenvalue weighted by atomic mass is 10.2. The zero-order valence-corrected chi connectivity index (χ0v) is 13.2. The summed E-state index contributed by atoms with van der Waals surface area (Å²) in [5, 5.41) is 33.4. The number of nitriles is 1. The molecule has 0 aliphatic rings. The summed E-state index contributed by atoms with van der Waals surface area (Å²) in [6.07, 6.45) is 1.20. The van der Waals surface area contributed by atoms with Crippen LogP contribution in [-0.2, 0) is 9.53 Å². The number of non-ortho nitro benzene ring substituents is 1. The molecule has 0 aromatic heterocycles. The van der Waals surface area contributed by atoms with E-state index in [1.54, 1.807) is 6.07 Å². The maximum atomic E-state index is 12.0. The smallest absolute Gasteiger partial charge is 0.271 e. The van der Waals surface area contributed by atoms with Gasteiger partial charge in [-0.2, -0.15) is 5.26 Å². The molecule has 10 heteroatoms. The molecular formula is C14H15ClN4O5. The van der Waals surface area contributed by atoms with E-state index in [-0.39, 0.29) is 41.8 Å². The van der Waals surface area contributed by atoms with Crippen molar-refractivity contribution in [3.63, 3.8) is 0 Å². The molecule has 0 aliphatic carbocycles. The third kappa shape index (κ3) is 6.21. The van der Waals surface area contributed by atoms with Gasteiger partial charge in [-0.15, -0.1) is 0 Å². The van der Waals surface area contributed by atoms with Crippen LogP contribution in [0.5, 0.6) is 0 Å². The number of ether oxygens (including phenoxy) is 1. The first-order valence-corrected chi connectivity index (χ1v) is 7.15. The third-order valence-electron chi connectivity index (χ3n) is 2.65. The van der Waals surface area contributed by atoms with Crippen molar-refractivity contribution in [2.24, 2.45) is 0 Å². The number of aliphatic hydroxyl groups excluding tert-OH is 1. The van der Waals surface area contributed by atoms with Gasteiger partial charge in [0, 0.05) is 24.9 Å². The number of anilines is 1. The van der Waals surface area contributed by atoms with Crippen LogP contribution in [0.25, 0.3) is 0 Å². The highest BCUT2D eigenvalue weighted by molar-refractivity contribution is 6.34. The molecule has 0 aliphatic heterocycles. The summed E-state index contributed by atoms with van der Waals surface area (Å²) < 4.78 is 5.00. The van der Waals surface area contributed by atoms with Crippen molar-refractivity contribution >= 4 is 28.9 Å². The van der Waals surface area contributed by atoms with Crippen LogP contribution in [0.2, 0.25) is 5.02 Å². The van der Waals surface area contributed by atoms with Crippen LogP contribution in [0.3, 0.4) is 0 Å². The predicted molar refractivity (Wildman–Crippen MR) is 86.3 cm³/mol. The standard InChI is InChI=1S/C14H15ClN4O5/c15-12-2-1-11(19(22)23)7-13(12)18-14(21)10(8-16)9-17-3-5-24-6-4-20/h1-2,7,9,17,20H,3-6H2,(H,18,21)/b10-9-. The summed E-state index contributed by atoms with van der Waals surface area (Å²) in [6.45, 7) is 0.720. The lowest BCUT2D eigenvalue weighted by molar-refractivity contribution is -0.384. The minimum atomic E-state index is -0.760. The van der Waals surface area contributed by atoms with E-state index < -0.39 is 10.8 Å². The van der Waals surface area contributed by atoms with Crippen molar-refractivity contribution in [3.8, 4) is 6.07 Å². The van der Waals surface area contributed by atoms with Gasteiger partial charge in [0.15, 0.2) is 0 Å². The van der Waals surface area contributed by atoms with Gasteiger partial charge in [0.2, 0.25) is 0 Å². The van der Waals surface area contributed by atoms with Gasteiger partial charge < -0.3 is 20.5 Å². The van der Waals surface area contributed by atoms with Crippen LogP contribution in [0.15, 0.2) is 30.0 Å². The topological polar surface area (TPSA) is 138 Å².